The van der Waals surface area contributed by atoms with Crippen molar-refractivity contribution in [1.29, 1.82) is 0 Å². The van der Waals surface area contributed by atoms with Crippen molar-refractivity contribution in [2.45, 2.75) is 31.3 Å². The highest BCUT2D eigenvalue weighted by atomic mass is 35.5. The molecule has 142 valence electrons. The first kappa shape index (κ1) is 19.4. The summed E-state index contributed by atoms with van der Waals surface area (Å²) < 4.78 is 34.6. The summed E-state index contributed by atoms with van der Waals surface area (Å²) in [5.41, 5.74) is 0.841. The van der Waals surface area contributed by atoms with Crippen LogP contribution in [0.2, 0.25) is 5.02 Å². The van der Waals surface area contributed by atoms with E-state index in [1.54, 1.807) is 39.0 Å². The number of hydrogen-bond donors (Lipinski definition) is 0. The van der Waals surface area contributed by atoms with Gasteiger partial charge in [0.25, 0.3) is 0 Å². The fraction of sp³-hybridized carbons (Fsp3) is 0.263. The summed E-state index contributed by atoms with van der Waals surface area (Å²) in [5, 5.41) is 0.415. The molecule has 1 aliphatic heterocycles. The Kier molecular flexibility index (Phi) is 4.78. The van der Waals surface area contributed by atoms with Crippen molar-refractivity contribution in [3.63, 3.8) is 0 Å². The first-order chi connectivity index (χ1) is 12.5. The number of benzene rings is 1. The average Bonchev–Trinajstić information content (AvgIpc) is 2.78. The zero-order chi connectivity index (χ0) is 20.0. The minimum Gasteiger partial charge on any atom is -0.449 e. The quantitative estimate of drug-likeness (QED) is 0.720. The second kappa shape index (κ2) is 6.65. The van der Waals surface area contributed by atoms with Gasteiger partial charge >= 0.3 is 5.97 Å². The van der Waals surface area contributed by atoms with Crippen LogP contribution in [0.15, 0.2) is 47.2 Å². The Balaban J connectivity index is 2.08. The highest BCUT2D eigenvalue weighted by Gasteiger charge is 2.43. The van der Waals surface area contributed by atoms with Crippen LogP contribution in [0, 0.1) is 6.92 Å². The van der Waals surface area contributed by atoms with Crippen molar-refractivity contribution in [1.82, 2.24) is 4.98 Å². The number of nitrogens with zero attached hydrogens (tertiary/aromatic N) is 1. The molecule has 0 N–H and O–H groups in total. The Labute approximate surface area is 162 Å². The number of carbonyl (C=O) groups excluding carboxylic acids is 1. The van der Waals surface area contributed by atoms with E-state index in [2.05, 4.69) is 4.98 Å². The summed E-state index contributed by atoms with van der Waals surface area (Å²) in [6.45, 7) is 5.23. The summed E-state index contributed by atoms with van der Waals surface area (Å²) in [5.74, 6) is -0.284. The molecular weight excluding hydrogens is 390 g/mol. The van der Waals surface area contributed by atoms with E-state index < -0.39 is 21.4 Å². The fourth-order valence-corrected chi connectivity index (χ4v) is 3.59. The molecular formula is C19H18ClNO5S. The van der Waals surface area contributed by atoms with Crippen LogP contribution in [-0.4, -0.2) is 31.2 Å². The van der Waals surface area contributed by atoms with Crippen LogP contribution < -0.4 is 4.74 Å². The van der Waals surface area contributed by atoms with Crippen LogP contribution in [0.5, 0.6) is 5.75 Å². The molecule has 0 atom stereocenters. The number of cyclic esters (lactones) is 1. The SMILES string of the molecule is Cc1ncc(OC2=C(c3ccc(S(C)(=O)=O)cc3)C(C)(C)OC2=O)cc1Cl. The van der Waals surface area contributed by atoms with E-state index in [0.717, 1.165) is 6.26 Å². The number of aromatic nitrogens is 1. The van der Waals surface area contributed by atoms with E-state index in [9.17, 15) is 13.2 Å². The van der Waals surface area contributed by atoms with Crippen molar-refractivity contribution in [3.05, 3.63) is 58.6 Å². The summed E-state index contributed by atoms with van der Waals surface area (Å²) >= 11 is 6.07. The molecule has 0 bridgehead atoms. The highest BCUT2D eigenvalue weighted by Crippen LogP contribution is 2.40. The van der Waals surface area contributed by atoms with Gasteiger partial charge in [0, 0.05) is 12.3 Å². The summed E-state index contributed by atoms with van der Waals surface area (Å²) in [7, 11) is -3.32. The third-order valence-corrected chi connectivity index (χ3v) is 5.66. The van der Waals surface area contributed by atoms with Crippen molar-refractivity contribution in [2.75, 3.05) is 6.26 Å². The minimum absolute atomic E-state index is 0.0221. The van der Waals surface area contributed by atoms with Gasteiger partial charge in [0.05, 0.1) is 27.4 Å². The van der Waals surface area contributed by atoms with Gasteiger partial charge in [0.2, 0.25) is 5.76 Å². The van der Waals surface area contributed by atoms with Gasteiger partial charge in [-0.15, -0.1) is 0 Å². The van der Waals surface area contributed by atoms with Crippen molar-refractivity contribution >= 4 is 33.0 Å². The van der Waals surface area contributed by atoms with Gasteiger partial charge in [-0.05, 0) is 38.5 Å². The molecule has 2 heterocycles. The van der Waals surface area contributed by atoms with Gasteiger partial charge in [-0.2, -0.15) is 0 Å². The molecule has 0 saturated heterocycles. The molecule has 0 aliphatic carbocycles. The third-order valence-electron chi connectivity index (χ3n) is 4.15. The predicted octanol–water partition coefficient (Wildman–Crippen LogP) is 3.57. The lowest BCUT2D eigenvalue weighted by molar-refractivity contribution is -0.145. The number of halogens is 1. The molecule has 6 nitrogen and oxygen atoms in total. The maximum absolute atomic E-state index is 12.4. The molecule has 0 spiro atoms. The van der Waals surface area contributed by atoms with Crippen molar-refractivity contribution in [3.8, 4) is 5.75 Å². The first-order valence-electron chi connectivity index (χ1n) is 8.07. The molecule has 0 amide bonds. The summed E-state index contributed by atoms with van der Waals surface area (Å²) in [4.78, 5) is 16.7. The van der Waals surface area contributed by atoms with E-state index in [-0.39, 0.29) is 10.7 Å². The van der Waals surface area contributed by atoms with Crippen LogP contribution in [0.1, 0.15) is 25.1 Å². The predicted molar refractivity (Wildman–Crippen MR) is 101 cm³/mol. The number of carbonyl (C=O) groups is 1. The van der Waals surface area contributed by atoms with Crippen LogP contribution in [0.25, 0.3) is 5.57 Å². The van der Waals surface area contributed by atoms with E-state index in [1.807, 2.05) is 0 Å². The Bertz CT molecular complexity index is 1060. The normalized spacial score (nSPS) is 16.4. The Morgan fingerprint density at radius 3 is 2.37 bits per heavy atom. The number of pyridine rings is 1. The zero-order valence-electron chi connectivity index (χ0n) is 15.2. The Morgan fingerprint density at radius 2 is 1.81 bits per heavy atom. The molecule has 0 unspecified atom stereocenters. The summed E-state index contributed by atoms with van der Waals surface area (Å²) in [6.07, 6.45) is 2.60. The molecule has 8 heteroatoms. The highest BCUT2D eigenvalue weighted by molar-refractivity contribution is 7.90. The number of hydrogen-bond acceptors (Lipinski definition) is 6. The maximum atomic E-state index is 12.4. The maximum Gasteiger partial charge on any atom is 0.375 e. The molecule has 0 radical (unpaired) electrons. The van der Waals surface area contributed by atoms with Crippen molar-refractivity contribution < 1.29 is 22.7 Å². The minimum atomic E-state index is -3.32. The molecule has 27 heavy (non-hydrogen) atoms. The molecule has 1 aliphatic rings. The largest absolute Gasteiger partial charge is 0.449 e. The number of rotatable bonds is 4. The van der Waals surface area contributed by atoms with Gasteiger partial charge in [0.15, 0.2) is 9.84 Å². The van der Waals surface area contributed by atoms with E-state index in [4.69, 9.17) is 21.1 Å². The molecule has 3 rings (SSSR count). The Morgan fingerprint density at radius 1 is 1.19 bits per heavy atom. The lowest BCUT2D eigenvalue weighted by Gasteiger charge is -2.21. The monoisotopic (exact) mass is 407 g/mol. The smallest absolute Gasteiger partial charge is 0.375 e. The molecule has 1 aromatic heterocycles. The van der Waals surface area contributed by atoms with Crippen LogP contribution >= 0.6 is 11.6 Å². The number of ether oxygens (including phenoxy) is 2. The fourth-order valence-electron chi connectivity index (χ4n) is 2.81. The molecule has 0 fully saturated rings. The van der Waals surface area contributed by atoms with Gasteiger partial charge in [-0.3, -0.25) is 4.98 Å². The third kappa shape index (κ3) is 3.84. The van der Waals surface area contributed by atoms with Crippen LogP contribution in [-0.2, 0) is 19.4 Å². The second-order valence-corrected chi connectivity index (χ2v) is 9.16. The second-order valence-electron chi connectivity index (χ2n) is 6.74. The standard InChI is InChI=1S/C19H18ClNO5S/c1-11-15(20)9-13(10-21-11)25-17-16(19(2,3)26-18(17)22)12-5-7-14(8-6-12)27(4,23)24/h5-10H,1-4H3. The van der Waals surface area contributed by atoms with E-state index >= 15 is 0 Å². The number of aryl methyl sites for hydroxylation is 1. The van der Waals surface area contributed by atoms with Gasteiger partial charge in [0.1, 0.15) is 11.4 Å². The molecule has 0 saturated carbocycles. The van der Waals surface area contributed by atoms with Gasteiger partial charge < -0.3 is 9.47 Å². The van der Waals surface area contributed by atoms with Gasteiger partial charge in [-0.25, -0.2) is 13.2 Å². The number of esters is 1. The summed E-state index contributed by atoms with van der Waals surface area (Å²) in [6, 6.07) is 7.79. The zero-order valence-corrected chi connectivity index (χ0v) is 16.8. The van der Waals surface area contributed by atoms with Crippen LogP contribution in [0.4, 0.5) is 0 Å². The van der Waals surface area contributed by atoms with Crippen LogP contribution in [0.3, 0.4) is 0 Å². The lowest BCUT2D eigenvalue weighted by atomic mass is 9.92. The van der Waals surface area contributed by atoms with E-state index in [0.29, 0.717) is 27.6 Å². The van der Waals surface area contributed by atoms with Crippen molar-refractivity contribution in [2.24, 2.45) is 0 Å². The number of sulfone groups is 1. The van der Waals surface area contributed by atoms with E-state index in [1.165, 1.54) is 18.3 Å². The average molecular weight is 408 g/mol. The lowest BCUT2D eigenvalue weighted by Crippen LogP contribution is -2.22. The van der Waals surface area contributed by atoms with Gasteiger partial charge in [-0.1, -0.05) is 23.7 Å². The molecule has 2 aromatic rings. The Hall–Kier alpha value is -2.38. The topological polar surface area (TPSA) is 82.6 Å². The first-order valence-corrected chi connectivity index (χ1v) is 10.3. The molecule has 1 aromatic carbocycles.